The van der Waals surface area contributed by atoms with Gasteiger partial charge >= 0.3 is 18.1 Å². The lowest BCUT2D eigenvalue weighted by atomic mass is 10.0. The number of alkyl halides is 3. The van der Waals surface area contributed by atoms with Crippen molar-refractivity contribution in [3.8, 4) is 11.5 Å². The number of ether oxygens (including phenoxy) is 7. The van der Waals surface area contributed by atoms with Crippen molar-refractivity contribution >= 4 is 18.0 Å². The van der Waals surface area contributed by atoms with Crippen LogP contribution in [0.4, 0.5) is 13.2 Å². The number of methoxy groups -OCH3 is 2. The number of hydrogen-bond acceptors (Lipinski definition) is 9. The van der Waals surface area contributed by atoms with Crippen LogP contribution in [0.3, 0.4) is 0 Å². The zero-order valence-electron chi connectivity index (χ0n) is 24.1. The molecule has 2 heterocycles. The Morgan fingerprint density at radius 1 is 1.05 bits per heavy atom. The summed E-state index contributed by atoms with van der Waals surface area (Å²) in [7, 11) is 2.75. The zero-order valence-corrected chi connectivity index (χ0v) is 24.1. The SMILES string of the molecule is COCOc1cc(OC)cc2c1C(=O)O[C@@H](C(F)(F)F)C/C=C\C(OC(=O)c1ccccc1)[C@H]1OC(C)(C)O[C@H]1CC=C2. The standard InChI is InChI=1S/C31H33F3O9/c1-30(2)42-23-14-8-12-20-16-21(38-4)17-24(39-18-37-3)26(20)29(36)41-25(31(32,33)34)15-9-13-22(27(23)43-30)40-28(35)19-10-6-5-7-11-19/h5-13,16-17,22-23,25,27H,14-15,18H2,1-4H3/b12-8?,13-9-/t22?,23-,25+,27+/m0/s1. The van der Waals surface area contributed by atoms with Crippen LogP contribution < -0.4 is 9.47 Å². The van der Waals surface area contributed by atoms with E-state index < -0.39 is 54.7 Å². The second-order valence-corrected chi connectivity index (χ2v) is 10.3. The average Bonchev–Trinajstić information content (AvgIpc) is 3.27. The quantitative estimate of drug-likeness (QED) is 0.227. The lowest BCUT2D eigenvalue weighted by Crippen LogP contribution is -2.38. The van der Waals surface area contributed by atoms with Gasteiger partial charge in [-0.1, -0.05) is 36.4 Å². The van der Waals surface area contributed by atoms with E-state index in [-0.39, 0.29) is 41.4 Å². The minimum atomic E-state index is -4.92. The van der Waals surface area contributed by atoms with E-state index in [4.69, 9.17) is 33.2 Å². The number of benzene rings is 2. The second kappa shape index (κ2) is 13.6. The summed E-state index contributed by atoms with van der Waals surface area (Å²) < 4.78 is 81.0. The van der Waals surface area contributed by atoms with Gasteiger partial charge in [-0.3, -0.25) is 0 Å². The first kappa shape index (κ1) is 32.1. The Bertz CT molecular complexity index is 1340. The summed E-state index contributed by atoms with van der Waals surface area (Å²) in [6.07, 6.45) is -4.98. The molecule has 0 amide bonds. The van der Waals surface area contributed by atoms with Crippen molar-refractivity contribution < 1.29 is 55.9 Å². The summed E-state index contributed by atoms with van der Waals surface area (Å²) in [6.45, 7) is 3.09. The zero-order chi connectivity index (χ0) is 31.2. The van der Waals surface area contributed by atoms with Crippen LogP contribution in [-0.2, 0) is 23.7 Å². The lowest BCUT2D eigenvalue weighted by molar-refractivity contribution is -0.203. The molecule has 0 radical (unpaired) electrons. The smallest absolute Gasteiger partial charge is 0.425 e. The Morgan fingerprint density at radius 2 is 1.79 bits per heavy atom. The molecular formula is C31H33F3O9. The van der Waals surface area contributed by atoms with E-state index in [0.717, 1.165) is 6.08 Å². The molecule has 0 saturated carbocycles. The van der Waals surface area contributed by atoms with Gasteiger partial charge in [-0.15, -0.1) is 0 Å². The number of fused-ring (bicyclic) bond motifs is 2. The molecule has 0 bridgehead atoms. The molecule has 4 rings (SSSR count). The summed E-state index contributed by atoms with van der Waals surface area (Å²) in [5.41, 5.74) is 0.203. The molecule has 1 fully saturated rings. The van der Waals surface area contributed by atoms with E-state index in [1.807, 2.05) is 0 Å². The summed E-state index contributed by atoms with van der Waals surface area (Å²) in [5.74, 6) is -2.83. The van der Waals surface area contributed by atoms with Gasteiger partial charge < -0.3 is 33.2 Å². The maximum Gasteiger partial charge on any atom is 0.425 e. The van der Waals surface area contributed by atoms with Crippen molar-refractivity contribution in [2.24, 2.45) is 0 Å². The first-order chi connectivity index (χ1) is 20.4. The number of carbonyl (C=O) groups is 2. The van der Waals surface area contributed by atoms with Gasteiger partial charge in [-0.2, -0.15) is 13.2 Å². The van der Waals surface area contributed by atoms with Crippen LogP contribution in [0.5, 0.6) is 11.5 Å². The van der Waals surface area contributed by atoms with Crippen LogP contribution in [0.1, 0.15) is 53.0 Å². The number of halogens is 3. The molecule has 0 aromatic heterocycles. The lowest BCUT2D eigenvalue weighted by Gasteiger charge is -2.25. The van der Waals surface area contributed by atoms with Gasteiger partial charge in [0.15, 0.2) is 12.6 Å². The van der Waals surface area contributed by atoms with Crippen molar-refractivity contribution in [3.63, 3.8) is 0 Å². The summed E-state index contributed by atoms with van der Waals surface area (Å²) >= 11 is 0. The first-order valence-electron chi connectivity index (χ1n) is 13.5. The molecule has 232 valence electrons. The Kier molecular flexibility index (Phi) is 10.2. The molecule has 4 atom stereocenters. The predicted octanol–water partition coefficient (Wildman–Crippen LogP) is 5.87. The van der Waals surface area contributed by atoms with Crippen LogP contribution in [0.2, 0.25) is 0 Å². The summed E-state index contributed by atoms with van der Waals surface area (Å²) in [6, 6.07) is 11.0. The van der Waals surface area contributed by atoms with Crippen LogP contribution in [0, 0.1) is 0 Å². The molecule has 2 aliphatic rings. The van der Waals surface area contributed by atoms with E-state index in [1.54, 1.807) is 50.3 Å². The summed E-state index contributed by atoms with van der Waals surface area (Å²) in [4.78, 5) is 26.3. The summed E-state index contributed by atoms with van der Waals surface area (Å²) in [5, 5.41) is 0. The normalized spacial score (nSPS) is 24.6. The van der Waals surface area contributed by atoms with E-state index >= 15 is 0 Å². The highest BCUT2D eigenvalue weighted by molar-refractivity contribution is 5.97. The Morgan fingerprint density at radius 3 is 2.47 bits per heavy atom. The molecule has 0 spiro atoms. The molecule has 0 N–H and O–H groups in total. The van der Waals surface area contributed by atoms with Gasteiger partial charge in [0.2, 0.25) is 6.10 Å². The third-order valence-electron chi connectivity index (χ3n) is 6.63. The molecule has 2 aromatic rings. The monoisotopic (exact) mass is 606 g/mol. The highest BCUT2D eigenvalue weighted by Crippen LogP contribution is 2.36. The minimum absolute atomic E-state index is 0.0817. The number of cyclic esters (lactones) is 1. The molecule has 1 saturated heterocycles. The Hall–Kier alpha value is -3.87. The van der Waals surface area contributed by atoms with Crippen molar-refractivity contribution in [2.45, 2.75) is 63.1 Å². The fourth-order valence-electron chi connectivity index (χ4n) is 4.72. The molecule has 9 nitrogen and oxygen atoms in total. The molecule has 43 heavy (non-hydrogen) atoms. The molecule has 0 aliphatic carbocycles. The van der Waals surface area contributed by atoms with Gasteiger partial charge in [-0.05, 0) is 50.1 Å². The third kappa shape index (κ3) is 8.15. The average molecular weight is 607 g/mol. The van der Waals surface area contributed by atoms with Crippen molar-refractivity contribution in [1.82, 2.24) is 0 Å². The van der Waals surface area contributed by atoms with Crippen molar-refractivity contribution in [1.29, 1.82) is 0 Å². The fourth-order valence-corrected chi connectivity index (χ4v) is 4.72. The van der Waals surface area contributed by atoms with Crippen molar-refractivity contribution in [2.75, 3.05) is 21.0 Å². The number of carbonyl (C=O) groups excluding carboxylic acids is 2. The maximum absolute atomic E-state index is 14.1. The molecule has 1 unspecified atom stereocenters. The van der Waals surface area contributed by atoms with Crippen molar-refractivity contribution in [3.05, 3.63) is 77.4 Å². The van der Waals surface area contributed by atoms with Crippen LogP contribution in [-0.4, -0.2) is 69.3 Å². The highest BCUT2D eigenvalue weighted by Gasteiger charge is 2.46. The van der Waals surface area contributed by atoms with E-state index in [1.165, 1.54) is 38.5 Å². The van der Waals surface area contributed by atoms with Gasteiger partial charge in [0.05, 0.1) is 18.8 Å². The molecule has 12 heteroatoms. The topological polar surface area (TPSA) is 98.8 Å². The van der Waals surface area contributed by atoms with Gasteiger partial charge in [0.25, 0.3) is 0 Å². The largest absolute Gasteiger partial charge is 0.497 e. The van der Waals surface area contributed by atoms with Crippen LogP contribution in [0.15, 0.2) is 60.7 Å². The second-order valence-electron chi connectivity index (χ2n) is 10.3. The van der Waals surface area contributed by atoms with Gasteiger partial charge in [0.1, 0.15) is 29.3 Å². The first-order valence-corrected chi connectivity index (χ1v) is 13.5. The van der Waals surface area contributed by atoms with Gasteiger partial charge in [0, 0.05) is 19.6 Å². The third-order valence-corrected chi connectivity index (χ3v) is 6.63. The highest BCUT2D eigenvalue weighted by atomic mass is 19.4. The fraction of sp³-hybridized carbons (Fsp3) is 0.419. The Balaban J connectivity index is 1.78. The van der Waals surface area contributed by atoms with E-state index in [0.29, 0.717) is 0 Å². The molecule has 2 aliphatic heterocycles. The molecular weight excluding hydrogens is 573 g/mol. The van der Waals surface area contributed by atoms with E-state index in [9.17, 15) is 22.8 Å². The number of esters is 2. The van der Waals surface area contributed by atoms with Crippen LogP contribution >= 0.6 is 0 Å². The number of hydrogen-bond donors (Lipinski definition) is 0. The minimum Gasteiger partial charge on any atom is -0.497 e. The van der Waals surface area contributed by atoms with Crippen LogP contribution in [0.25, 0.3) is 6.08 Å². The predicted molar refractivity (Wildman–Crippen MR) is 148 cm³/mol. The maximum atomic E-state index is 14.1. The van der Waals surface area contributed by atoms with E-state index in [2.05, 4.69) is 0 Å². The number of rotatable bonds is 6. The Labute approximate surface area is 247 Å². The van der Waals surface area contributed by atoms with Gasteiger partial charge in [-0.25, -0.2) is 9.59 Å². The molecule has 2 aromatic carbocycles.